The van der Waals surface area contributed by atoms with Gasteiger partial charge in [-0.15, -0.1) is 0 Å². The molecule has 0 saturated carbocycles. The molecule has 0 fully saturated rings. The molecule has 3 aromatic rings. The molecular formula is C19H16O3S. The van der Waals surface area contributed by atoms with Crippen LogP contribution < -0.4 is 0 Å². The lowest BCUT2D eigenvalue weighted by atomic mass is 10.0. The van der Waals surface area contributed by atoms with Gasteiger partial charge in [0.25, 0.3) is 0 Å². The van der Waals surface area contributed by atoms with Crippen LogP contribution in [0.1, 0.15) is 17.2 Å². The second kappa shape index (κ2) is 6.36. The first-order chi connectivity index (χ1) is 11.1. The summed E-state index contributed by atoms with van der Waals surface area (Å²) in [6.45, 7) is 0. The Balaban J connectivity index is 2.01. The van der Waals surface area contributed by atoms with Crippen molar-refractivity contribution in [3.05, 3.63) is 96.1 Å². The van der Waals surface area contributed by atoms with Gasteiger partial charge >= 0.3 is 0 Å². The van der Waals surface area contributed by atoms with Gasteiger partial charge in [0.2, 0.25) is 9.84 Å². The maximum atomic E-state index is 12.7. The highest BCUT2D eigenvalue weighted by Crippen LogP contribution is 2.26. The van der Waals surface area contributed by atoms with Crippen molar-refractivity contribution in [1.82, 2.24) is 0 Å². The smallest absolute Gasteiger partial charge is 0.206 e. The second-order valence-electron chi connectivity index (χ2n) is 5.20. The number of aliphatic hydroxyl groups is 1. The van der Waals surface area contributed by atoms with Crippen LogP contribution in [-0.2, 0) is 9.84 Å². The fourth-order valence-corrected chi connectivity index (χ4v) is 3.75. The van der Waals surface area contributed by atoms with E-state index in [1.807, 2.05) is 30.3 Å². The molecule has 116 valence electrons. The largest absolute Gasteiger partial charge is 0.384 e. The van der Waals surface area contributed by atoms with E-state index in [1.165, 1.54) is 6.07 Å². The summed E-state index contributed by atoms with van der Waals surface area (Å²) in [6.07, 6.45) is -0.859. The minimum absolute atomic E-state index is 0.177. The average Bonchev–Trinajstić information content (AvgIpc) is 2.62. The van der Waals surface area contributed by atoms with Gasteiger partial charge < -0.3 is 5.11 Å². The quantitative estimate of drug-likeness (QED) is 0.798. The molecule has 0 heterocycles. The molecule has 1 N–H and O–H groups in total. The summed E-state index contributed by atoms with van der Waals surface area (Å²) in [6, 6.07) is 23.9. The Hall–Kier alpha value is -2.43. The number of rotatable bonds is 4. The van der Waals surface area contributed by atoms with E-state index in [0.717, 1.165) is 5.56 Å². The summed E-state index contributed by atoms with van der Waals surface area (Å²) in [5.41, 5.74) is 1.27. The van der Waals surface area contributed by atoms with Gasteiger partial charge in [-0.1, -0.05) is 60.7 Å². The first-order valence-corrected chi connectivity index (χ1v) is 8.70. The van der Waals surface area contributed by atoms with E-state index in [9.17, 15) is 13.5 Å². The third kappa shape index (κ3) is 3.18. The van der Waals surface area contributed by atoms with Crippen LogP contribution in [0.5, 0.6) is 0 Å². The third-order valence-corrected chi connectivity index (χ3v) is 5.42. The number of aliphatic hydroxyl groups excluding tert-OH is 1. The van der Waals surface area contributed by atoms with Crippen molar-refractivity contribution in [3.63, 3.8) is 0 Å². The maximum Gasteiger partial charge on any atom is 0.206 e. The molecule has 0 aliphatic carbocycles. The van der Waals surface area contributed by atoms with Gasteiger partial charge in [0, 0.05) is 0 Å². The molecule has 0 radical (unpaired) electrons. The molecular weight excluding hydrogens is 308 g/mol. The van der Waals surface area contributed by atoms with E-state index < -0.39 is 15.9 Å². The Morgan fingerprint density at radius 2 is 1.17 bits per heavy atom. The van der Waals surface area contributed by atoms with Gasteiger partial charge in [0.1, 0.15) is 6.10 Å². The van der Waals surface area contributed by atoms with Crippen LogP contribution in [0.25, 0.3) is 0 Å². The summed E-state index contributed by atoms with van der Waals surface area (Å²) in [5.74, 6) is 0. The lowest BCUT2D eigenvalue weighted by Gasteiger charge is -2.13. The zero-order valence-electron chi connectivity index (χ0n) is 12.3. The average molecular weight is 324 g/mol. The summed E-state index contributed by atoms with van der Waals surface area (Å²) in [5, 5.41) is 10.5. The first-order valence-electron chi connectivity index (χ1n) is 7.22. The third-order valence-electron chi connectivity index (χ3n) is 3.65. The summed E-state index contributed by atoms with van der Waals surface area (Å²) < 4.78 is 25.3. The Kier molecular flexibility index (Phi) is 4.28. The predicted octanol–water partition coefficient (Wildman–Crippen LogP) is 3.60. The number of benzene rings is 3. The second-order valence-corrected chi connectivity index (χ2v) is 7.15. The summed E-state index contributed by atoms with van der Waals surface area (Å²) in [7, 11) is -3.59. The topological polar surface area (TPSA) is 54.4 Å². The lowest BCUT2D eigenvalue weighted by molar-refractivity contribution is 0.220. The highest BCUT2D eigenvalue weighted by molar-refractivity contribution is 7.91. The van der Waals surface area contributed by atoms with Crippen LogP contribution in [0.2, 0.25) is 0 Å². The fourth-order valence-electron chi connectivity index (χ4n) is 2.42. The molecule has 0 amide bonds. The van der Waals surface area contributed by atoms with Crippen molar-refractivity contribution in [2.45, 2.75) is 15.9 Å². The van der Waals surface area contributed by atoms with Crippen molar-refractivity contribution in [2.75, 3.05) is 0 Å². The molecule has 23 heavy (non-hydrogen) atoms. The van der Waals surface area contributed by atoms with E-state index in [2.05, 4.69) is 0 Å². The van der Waals surface area contributed by atoms with Gasteiger partial charge in [-0.05, 0) is 35.4 Å². The fraction of sp³-hybridized carbons (Fsp3) is 0.0526. The standard InChI is InChI=1S/C19H16O3S/c20-19(15-8-3-1-4-9-15)16-10-7-13-18(14-16)23(21,22)17-11-5-2-6-12-17/h1-14,19-20H. The van der Waals surface area contributed by atoms with Crippen LogP contribution in [0.3, 0.4) is 0 Å². The molecule has 0 aromatic heterocycles. The molecule has 3 aromatic carbocycles. The molecule has 0 aliphatic heterocycles. The molecule has 0 aliphatic rings. The Labute approximate surface area is 135 Å². The van der Waals surface area contributed by atoms with Crippen molar-refractivity contribution >= 4 is 9.84 Å². The molecule has 3 nitrogen and oxygen atoms in total. The maximum absolute atomic E-state index is 12.7. The first kappa shape index (κ1) is 15.5. The molecule has 0 saturated heterocycles. The molecule has 1 atom stereocenters. The van der Waals surface area contributed by atoms with E-state index in [1.54, 1.807) is 48.5 Å². The van der Waals surface area contributed by atoms with Gasteiger partial charge in [0.15, 0.2) is 0 Å². The van der Waals surface area contributed by atoms with Crippen LogP contribution in [0, 0.1) is 0 Å². The van der Waals surface area contributed by atoms with Crippen LogP contribution in [0.15, 0.2) is 94.7 Å². The van der Waals surface area contributed by atoms with Gasteiger partial charge in [-0.25, -0.2) is 8.42 Å². The minimum atomic E-state index is -3.59. The molecule has 0 spiro atoms. The number of hydrogen-bond acceptors (Lipinski definition) is 3. The van der Waals surface area contributed by atoms with E-state index in [4.69, 9.17) is 0 Å². The van der Waals surface area contributed by atoms with Crippen LogP contribution in [-0.4, -0.2) is 13.5 Å². The highest BCUT2D eigenvalue weighted by Gasteiger charge is 2.19. The van der Waals surface area contributed by atoms with E-state index in [-0.39, 0.29) is 9.79 Å². The van der Waals surface area contributed by atoms with E-state index >= 15 is 0 Å². The number of sulfone groups is 1. The Morgan fingerprint density at radius 3 is 1.83 bits per heavy atom. The minimum Gasteiger partial charge on any atom is -0.384 e. The SMILES string of the molecule is O=S(=O)(c1ccccc1)c1cccc(C(O)c2ccccc2)c1. The van der Waals surface area contributed by atoms with Gasteiger partial charge in [0.05, 0.1) is 9.79 Å². The Morgan fingerprint density at radius 1 is 0.652 bits per heavy atom. The molecule has 0 bridgehead atoms. The van der Waals surface area contributed by atoms with Crippen LogP contribution in [0.4, 0.5) is 0 Å². The zero-order valence-corrected chi connectivity index (χ0v) is 13.1. The summed E-state index contributed by atoms with van der Waals surface area (Å²) in [4.78, 5) is 0.419. The van der Waals surface area contributed by atoms with E-state index in [0.29, 0.717) is 5.56 Å². The monoisotopic (exact) mass is 324 g/mol. The van der Waals surface area contributed by atoms with Crippen molar-refractivity contribution in [2.24, 2.45) is 0 Å². The highest BCUT2D eigenvalue weighted by atomic mass is 32.2. The molecule has 1 unspecified atom stereocenters. The van der Waals surface area contributed by atoms with Crippen molar-refractivity contribution in [1.29, 1.82) is 0 Å². The van der Waals surface area contributed by atoms with Crippen molar-refractivity contribution in [3.8, 4) is 0 Å². The van der Waals surface area contributed by atoms with Gasteiger partial charge in [-0.2, -0.15) is 0 Å². The zero-order chi connectivity index (χ0) is 16.3. The molecule has 4 heteroatoms. The normalized spacial score (nSPS) is 12.7. The lowest BCUT2D eigenvalue weighted by Crippen LogP contribution is -2.05. The van der Waals surface area contributed by atoms with Crippen LogP contribution >= 0.6 is 0 Å². The molecule has 3 rings (SSSR count). The summed E-state index contributed by atoms with van der Waals surface area (Å²) >= 11 is 0. The predicted molar refractivity (Wildman–Crippen MR) is 88.8 cm³/mol. The van der Waals surface area contributed by atoms with Crippen molar-refractivity contribution < 1.29 is 13.5 Å². The Bertz CT molecular complexity index is 888. The van der Waals surface area contributed by atoms with Gasteiger partial charge in [-0.3, -0.25) is 0 Å². The number of hydrogen-bond donors (Lipinski definition) is 1.